The molecule has 1 aromatic carbocycles. The van der Waals surface area contributed by atoms with Gasteiger partial charge in [0.1, 0.15) is 12.5 Å². The van der Waals surface area contributed by atoms with E-state index in [2.05, 4.69) is 0 Å². The zero-order valence-corrected chi connectivity index (χ0v) is 11.4. The van der Waals surface area contributed by atoms with Gasteiger partial charge >= 0.3 is 0 Å². The fourth-order valence-corrected chi connectivity index (χ4v) is 2.11. The molecule has 0 aliphatic carbocycles. The van der Waals surface area contributed by atoms with Crippen molar-refractivity contribution in [1.82, 2.24) is 0 Å². The molecule has 2 rings (SSSR count). The van der Waals surface area contributed by atoms with E-state index in [1.54, 1.807) is 30.2 Å². The van der Waals surface area contributed by atoms with Gasteiger partial charge in [-0.2, -0.15) is 0 Å². The lowest BCUT2D eigenvalue weighted by Crippen LogP contribution is -2.49. The Kier molecular flexibility index (Phi) is 4.07. The molecule has 5 heteroatoms. The normalized spacial score (nSPS) is 18.5. The number of anilines is 1. The molecule has 1 heterocycles. The average Bonchev–Trinajstić information content (AvgIpc) is 2.40. The number of amides is 1. The first-order valence-corrected chi connectivity index (χ1v) is 6.29. The van der Waals surface area contributed by atoms with Crippen molar-refractivity contribution in [3.63, 3.8) is 0 Å². The molecule has 104 valence electrons. The van der Waals surface area contributed by atoms with Gasteiger partial charge in [-0.05, 0) is 23.6 Å². The van der Waals surface area contributed by atoms with Gasteiger partial charge in [0.05, 0.1) is 12.3 Å². The summed E-state index contributed by atoms with van der Waals surface area (Å²) in [5.41, 5.74) is 1.38. The molecule has 19 heavy (non-hydrogen) atoms. The van der Waals surface area contributed by atoms with E-state index >= 15 is 0 Å². The van der Waals surface area contributed by atoms with E-state index in [-0.39, 0.29) is 25.2 Å². The van der Waals surface area contributed by atoms with Crippen molar-refractivity contribution in [3.05, 3.63) is 23.8 Å². The molecule has 5 nitrogen and oxygen atoms in total. The van der Waals surface area contributed by atoms with Crippen molar-refractivity contribution in [2.24, 2.45) is 5.92 Å². The van der Waals surface area contributed by atoms with E-state index in [0.29, 0.717) is 11.4 Å². The van der Waals surface area contributed by atoms with Crippen LogP contribution in [-0.4, -0.2) is 31.0 Å². The Morgan fingerprint density at radius 1 is 1.47 bits per heavy atom. The van der Waals surface area contributed by atoms with Crippen LogP contribution in [0, 0.1) is 5.92 Å². The Morgan fingerprint density at radius 3 is 2.79 bits per heavy atom. The molecule has 1 atom stereocenters. The van der Waals surface area contributed by atoms with Crippen LogP contribution in [0.3, 0.4) is 0 Å². The summed E-state index contributed by atoms with van der Waals surface area (Å²) in [6.45, 7) is 3.99. The van der Waals surface area contributed by atoms with E-state index in [0.717, 1.165) is 5.56 Å². The third kappa shape index (κ3) is 2.57. The molecule has 0 saturated heterocycles. The number of ether oxygens (including phenoxy) is 2. The topological polar surface area (TPSA) is 59.0 Å². The van der Waals surface area contributed by atoms with Crippen molar-refractivity contribution in [2.45, 2.75) is 26.6 Å². The Morgan fingerprint density at radius 2 is 2.21 bits per heavy atom. The molecule has 0 fully saturated rings. The number of nitrogens with zero attached hydrogens (tertiary/aromatic N) is 1. The van der Waals surface area contributed by atoms with Crippen molar-refractivity contribution in [1.29, 1.82) is 0 Å². The highest BCUT2D eigenvalue weighted by Gasteiger charge is 2.36. The third-order valence-electron chi connectivity index (χ3n) is 3.12. The number of rotatable bonds is 4. The summed E-state index contributed by atoms with van der Waals surface area (Å²) in [6.07, 6.45) is -0.498. The Labute approximate surface area is 112 Å². The van der Waals surface area contributed by atoms with Crippen LogP contribution >= 0.6 is 0 Å². The van der Waals surface area contributed by atoms with Crippen LogP contribution in [0.2, 0.25) is 0 Å². The lowest BCUT2D eigenvalue weighted by atomic mass is 10.0. The van der Waals surface area contributed by atoms with Crippen LogP contribution in [0.15, 0.2) is 18.2 Å². The summed E-state index contributed by atoms with van der Waals surface area (Å²) in [6, 6.07) is 5.32. The Bertz CT molecular complexity index is 473. The van der Waals surface area contributed by atoms with E-state index in [1.807, 2.05) is 13.8 Å². The summed E-state index contributed by atoms with van der Waals surface area (Å²) < 4.78 is 10.9. The number of fused-ring (bicyclic) bond motifs is 1. The average molecular weight is 265 g/mol. The van der Waals surface area contributed by atoms with Crippen molar-refractivity contribution >= 4 is 11.6 Å². The van der Waals surface area contributed by atoms with E-state index < -0.39 is 6.10 Å². The molecule has 1 amide bonds. The number of aliphatic hydroxyl groups excluding tert-OH is 1. The predicted molar refractivity (Wildman–Crippen MR) is 71.0 cm³/mol. The zero-order chi connectivity index (χ0) is 14.0. The van der Waals surface area contributed by atoms with Crippen molar-refractivity contribution in [3.8, 4) is 5.75 Å². The quantitative estimate of drug-likeness (QED) is 0.897. The summed E-state index contributed by atoms with van der Waals surface area (Å²) >= 11 is 0. The van der Waals surface area contributed by atoms with Gasteiger partial charge < -0.3 is 14.6 Å². The van der Waals surface area contributed by atoms with Crippen LogP contribution in [-0.2, 0) is 16.1 Å². The number of hydrogen-bond acceptors (Lipinski definition) is 4. The summed E-state index contributed by atoms with van der Waals surface area (Å²) in [5.74, 6) is 0.615. The van der Waals surface area contributed by atoms with Gasteiger partial charge in [0.25, 0.3) is 5.91 Å². The number of hydrogen-bond donors (Lipinski definition) is 1. The van der Waals surface area contributed by atoms with Crippen LogP contribution in [0.25, 0.3) is 0 Å². The van der Waals surface area contributed by atoms with E-state index in [1.165, 1.54) is 0 Å². The number of methoxy groups -OCH3 is 1. The number of benzene rings is 1. The maximum Gasteiger partial charge on any atom is 0.270 e. The molecule has 0 spiro atoms. The second kappa shape index (κ2) is 5.59. The molecule has 1 aromatic rings. The predicted octanol–water partition coefficient (Wildman–Crippen LogP) is 1.53. The highest BCUT2D eigenvalue weighted by atomic mass is 16.5. The first-order valence-electron chi connectivity index (χ1n) is 6.29. The van der Waals surface area contributed by atoms with Gasteiger partial charge in [0.2, 0.25) is 0 Å². The largest absolute Gasteiger partial charge is 0.478 e. The first kappa shape index (κ1) is 13.8. The molecular formula is C14H19NO4. The van der Waals surface area contributed by atoms with Gasteiger partial charge in [0.15, 0.2) is 6.10 Å². The van der Waals surface area contributed by atoms with Crippen LogP contribution in [0.4, 0.5) is 5.69 Å². The van der Waals surface area contributed by atoms with Crippen LogP contribution in [0.5, 0.6) is 5.75 Å². The molecule has 1 aliphatic heterocycles. The highest BCUT2D eigenvalue weighted by molar-refractivity contribution is 6.00. The monoisotopic (exact) mass is 265 g/mol. The van der Waals surface area contributed by atoms with Crippen LogP contribution < -0.4 is 9.64 Å². The highest BCUT2D eigenvalue weighted by Crippen LogP contribution is 2.36. The van der Waals surface area contributed by atoms with Gasteiger partial charge in [-0.25, -0.2) is 0 Å². The Balaban J connectivity index is 2.43. The van der Waals surface area contributed by atoms with Gasteiger partial charge in [-0.1, -0.05) is 19.9 Å². The van der Waals surface area contributed by atoms with E-state index in [4.69, 9.17) is 9.47 Å². The molecule has 1 unspecified atom stereocenters. The third-order valence-corrected chi connectivity index (χ3v) is 3.12. The smallest absolute Gasteiger partial charge is 0.270 e. The number of carbonyl (C=O) groups excluding carboxylic acids is 1. The number of aliphatic hydroxyl groups is 1. The molecule has 0 aromatic heterocycles. The fraction of sp³-hybridized carbons (Fsp3) is 0.500. The standard InChI is InChI=1S/C14H19NO4/c1-9(2)13-14(17)15(8-18-3)11-6-10(7-16)4-5-12(11)19-13/h4-6,9,13,16H,7-8H2,1-3H3. The summed E-state index contributed by atoms with van der Waals surface area (Å²) in [4.78, 5) is 13.9. The van der Waals surface area contributed by atoms with Gasteiger partial charge in [-0.15, -0.1) is 0 Å². The fourth-order valence-electron chi connectivity index (χ4n) is 2.11. The summed E-state index contributed by atoms with van der Waals surface area (Å²) in [7, 11) is 1.54. The second-order valence-electron chi connectivity index (χ2n) is 4.93. The minimum atomic E-state index is -0.498. The first-order chi connectivity index (χ1) is 9.08. The lowest BCUT2D eigenvalue weighted by molar-refractivity contribution is -0.129. The Hall–Kier alpha value is -1.59. The second-order valence-corrected chi connectivity index (χ2v) is 4.93. The van der Waals surface area contributed by atoms with Crippen molar-refractivity contribution in [2.75, 3.05) is 18.7 Å². The minimum absolute atomic E-state index is 0.0735. The molecular weight excluding hydrogens is 246 g/mol. The molecule has 1 aliphatic rings. The SMILES string of the molecule is COCN1C(=O)C(C(C)C)Oc2ccc(CO)cc21. The number of carbonyl (C=O) groups is 1. The molecule has 0 saturated carbocycles. The molecule has 0 bridgehead atoms. The molecule has 0 radical (unpaired) electrons. The summed E-state index contributed by atoms with van der Waals surface area (Å²) in [5, 5.41) is 9.19. The van der Waals surface area contributed by atoms with Crippen molar-refractivity contribution < 1.29 is 19.4 Å². The zero-order valence-electron chi connectivity index (χ0n) is 11.4. The minimum Gasteiger partial charge on any atom is -0.478 e. The maximum atomic E-state index is 12.4. The molecule has 1 N–H and O–H groups in total. The maximum absolute atomic E-state index is 12.4. The van der Waals surface area contributed by atoms with Crippen LogP contribution in [0.1, 0.15) is 19.4 Å². The van der Waals surface area contributed by atoms with Gasteiger partial charge in [0, 0.05) is 7.11 Å². The van der Waals surface area contributed by atoms with E-state index in [9.17, 15) is 9.90 Å². The van der Waals surface area contributed by atoms with Gasteiger partial charge in [-0.3, -0.25) is 9.69 Å². The lowest BCUT2D eigenvalue weighted by Gasteiger charge is -2.35.